The molecule has 0 aliphatic carbocycles. The van der Waals surface area contributed by atoms with Gasteiger partial charge in [0.2, 0.25) is 6.41 Å². The van der Waals surface area contributed by atoms with E-state index in [1.165, 1.54) is 16.3 Å². The summed E-state index contributed by atoms with van der Waals surface area (Å²) in [5.41, 5.74) is 2.27. The van der Waals surface area contributed by atoms with Gasteiger partial charge in [-0.2, -0.15) is 0 Å². The number of amides is 1. The number of fused-ring (bicyclic) bond motifs is 2. The minimum Gasteiger partial charge on any atom is -0.352 e. The van der Waals surface area contributed by atoms with Crippen LogP contribution in [-0.4, -0.2) is 47.5 Å². The second-order valence-electron chi connectivity index (χ2n) is 7.06. The van der Waals surface area contributed by atoms with Crippen molar-refractivity contribution in [3.8, 4) is 0 Å². The maximum Gasteiger partial charge on any atom is 0.209 e. The summed E-state index contributed by atoms with van der Waals surface area (Å²) < 4.78 is 1.12. The van der Waals surface area contributed by atoms with Crippen molar-refractivity contribution >= 4 is 56.3 Å². The maximum absolute atomic E-state index is 11.0. The molecule has 7 heteroatoms. The number of piperazine rings is 1. The van der Waals surface area contributed by atoms with Crippen molar-refractivity contribution in [1.29, 1.82) is 0 Å². The molecule has 4 aromatic rings. The first-order valence-electron chi connectivity index (χ1n) is 9.60. The predicted molar refractivity (Wildman–Crippen MR) is 121 cm³/mol. The summed E-state index contributed by atoms with van der Waals surface area (Å²) in [7, 11) is 0. The lowest BCUT2D eigenvalue weighted by atomic mass is 10.1. The first-order chi connectivity index (χ1) is 14.3. The molecule has 0 radical (unpaired) electrons. The van der Waals surface area contributed by atoms with E-state index in [0.29, 0.717) is 0 Å². The molecule has 5 nitrogen and oxygen atoms in total. The van der Waals surface area contributed by atoms with Crippen molar-refractivity contribution in [2.45, 2.75) is 10.9 Å². The molecule has 1 aliphatic rings. The minimum atomic E-state index is 0.736. The van der Waals surface area contributed by atoms with Gasteiger partial charge in [0.05, 0.1) is 10.2 Å². The molecule has 2 aromatic heterocycles. The summed E-state index contributed by atoms with van der Waals surface area (Å²) in [5.74, 6) is 1.83. The molecular formula is C22H20N4OS2. The molecule has 0 N–H and O–H groups in total. The Balaban J connectivity index is 1.39. The number of hydrogen-bond donors (Lipinski definition) is 0. The number of thioether (sulfide) groups is 1. The Labute approximate surface area is 177 Å². The van der Waals surface area contributed by atoms with Crippen LogP contribution in [0.15, 0.2) is 59.1 Å². The van der Waals surface area contributed by atoms with Gasteiger partial charge >= 0.3 is 0 Å². The van der Waals surface area contributed by atoms with E-state index in [9.17, 15) is 4.79 Å². The lowest BCUT2D eigenvalue weighted by Gasteiger charge is -2.33. The van der Waals surface area contributed by atoms with Crippen LogP contribution in [0.4, 0.5) is 5.82 Å². The summed E-state index contributed by atoms with van der Waals surface area (Å²) in [6.07, 6.45) is 0.933. The Morgan fingerprint density at radius 3 is 2.66 bits per heavy atom. The number of anilines is 1. The molecule has 146 valence electrons. The van der Waals surface area contributed by atoms with Crippen molar-refractivity contribution in [3.05, 3.63) is 59.5 Å². The molecular weight excluding hydrogens is 400 g/mol. The van der Waals surface area contributed by atoms with Crippen LogP contribution in [-0.2, 0) is 10.5 Å². The standard InChI is InChI=1S/C22H20N4OS2/c27-15-25-8-10-26(11-9-25)21-20-19(7-12-28-20)23-22(24-21)29-14-16-5-6-17-3-1-2-4-18(17)13-16/h1-7,12-13,15H,8-11,14H2. The maximum atomic E-state index is 11.0. The van der Waals surface area contributed by atoms with Gasteiger partial charge in [0.15, 0.2) is 11.0 Å². The van der Waals surface area contributed by atoms with Gasteiger partial charge in [-0.3, -0.25) is 4.79 Å². The molecule has 2 aromatic carbocycles. The lowest BCUT2D eigenvalue weighted by Crippen LogP contribution is -2.46. The Morgan fingerprint density at radius 1 is 1.00 bits per heavy atom. The van der Waals surface area contributed by atoms with E-state index in [2.05, 4.69) is 58.8 Å². The van der Waals surface area contributed by atoms with E-state index in [1.807, 2.05) is 4.90 Å². The molecule has 1 aliphatic heterocycles. The third kappa shape index (κ3) is 3.80. The number of rotatable bonds is 5. The first kappa shape index (κ1) is 18.4. The third-order valence-corrected chi connectivity index (χ3v) is 7.03. The van der Waals surface area contributed by atoms with Crippen molar-refractivity contribution in [2.75, 3.05) is 31.1 Å². The highest BCUT2D eigenvalue weighted by atomic mass is 32.2. The summed E-state index contributed by atoms with van der Waals surface area (Å²) in [4.78, 5) is 24.8. The number of benzene rings is 2. The smallest absolute Gasteiger partial charge is 0.209 e. The van der Waals surface area contributed by atoms with Gasteiger partial charge in [0.1, 0.15) is 0 Å². The number of thiophene rings is 1. The number of carbonyl (C=O) groups is 1. The molecule has 0 saturated carbocycles. The van der Waals surface area contributed by atoms with E-state index >= 15 is 0 Å². The van der Waals surface area contributed by atoms with Crippen molar-refractivity contribution < 1.29 is 4.79 Å². The lowest BCUT2D eigenvalue weighted by molar-refractivity contribution is -0.118. The predicted octanol–water partition coefficient (Wildman–Crippen LogP) is 4.42. The van der Waals surface area contributed by atoms with Gasteiger partial charge in [-0.1, -0.05) is 54.2 Å². The monoisotopic (exact) mass is 420 g/mol. The largest absolute Gasteiger partial charge is 0.352 e. The minimum absolute atomic E-state index is 0.736. The topological polar surface area (TPSA) is 49.3 Å². The molecule has 3 heterocycles. The van der Waals surface area contributed by atoms with Crippen LogP contribution in [0.3, 0.4) is 0 Å². The highest BCUT2D eigenvalue weighted by molar-refractivity contribution is 7.98. The Bertz CT molecular complexity index is 1170. The van der Waals surface area contributed by atoms with Crippen molar-refractivity contribution in [2.24, 2.45) is 0 Å². The normalized spacial score (nSPS) is 14.6. The average molecular weight is 421 g/mol. The number of nitrogens with zero attached hydrogens (tertiary/aromatic N) is 4. The molecule has 5 rings (SSSR count). The zero-order chi connectivity index (χ0) is 19.6. The van der Waals surface area contributed by atoms with Gasteiger partial charge < -0.3 is 9.80 Å². The van der Waals surface area contributed by atoms with Crippen LogP contribution in [0.1, 0.15) is 5.56 Å². The fraction of sp³-hybridized carbons (Fsp3) is 0.227. The Hall–Kier alpha value is -2.64. The SMILES string of the molecule is O=CN1CCN(c2nc(SCc3ccc4ccccc4c3)nc3ccsc23)CC1. The Morgan fingerprint density at radius 2 is 1.83 bits per heavy atom. The van der Waals surface area contributed by atoms with Crippen LogP contribution in [0.25, 0.3) is 21.0 Å². The van der Waals surface area contributed by atoms with Gasteiger partial charge in [-0.05, 0) is 27.8 Å². The second-order valence-corrected chi connectivity index (χ2v) is 8.92. The quantitative estimate of drug-likeness (QED) is 0.272. The van der Waals surface area contributed by atoms with Crippen LogP contribution in [0.2, 0.25) is 0 Å². The number of hydrogen-bond acceptors (Lipinski definition) is 6. The van der Waals surface area contributed by atoms with E-state index in [-0.39, 0.29) is 0 Å². The van der Waals surface area contributed by atoms with Gasteiger partial charge in [0, 0.05) is 31.9 Å². The molecule has 0 bridgehead atoms. The van der Waals surface area contributed by atoms with Crippen LogP contribution in [0, 0.1) is 0 Å². The van der Waals surface area contributed by atoms with Gasteiger partial charge in [0.25, 0.3) is 0 Å². The zero-order valence-corrected chi connectivity index (χ0v) is 17.5. The average Bonchev–Trinajstić information content (AvgIpc) is 3.26. The summed E-state index contributed by atoms with van der Waals surface area (Å²) >= 11 is 3.35. The highest BCUT2D eigenvalue weighted by Crippen LogP contribution is 2.32. The van der Waals surface area contributed by atoms with Crippen LogP contribution < -0.4 is 4.90 Å². The van der Waals surface area contributed by atoms with Crippen LogP contribution >= 0.6 is 23.1 Å². The molecule has 1 amide bonds. The molecule has 29 heavy (non-hydrogen) atoms. The molecule has 0 spiro atoms. The molecule has 0 atom stereocenters. The van der Waals surface area contributed by atoms with E-state index < -0.39 is 0 Å². The summed E-state index contributed by atoms with van der Waals surface area (Å²) in [5, 5.41) is 5.39. The molecule has 1 fully saturated rings. The Kier molecular flexibility index (Phi) is 5.08. The summed E-state index contributed by atoms with van der Waals surface area (Å²) in [6.45, 7) is 3.08. The van der Waals surface area contributed by atoms with E-state index in [1.54, 1.807) is 23.1 Å². The molecule has 1 saturated heterocycles. The zero-order valence-electron chi connectivity index (χ0n) is 15.8. The van der Waals surface area contributed by atoms with E-state index in [0.717, 1.165) is 59.5 Å². The number of carbonyl (C=O) groups excluding carboxylic acids is 1. The van der Waals surface area contributed by atoms with Crippen molar-refractivity contribution in [1.82, 2.24) is 14.9 Å². The van der Waals surface area contributed by atoms with Crippen LogP contribution in [0.5, 0.6) is 0 Å². The van der Waals surface area contributed by atoms with E-state index in [4.69, 9.17) is 9.97 Å². The van der Waals surface area contributed by atoms with Gasteiger partial charge in [-0.25, -0.2) is 9.97 Å². The fourth-order valence-corrected chi connectivity index (χ4v) is 5.26. The highest BCUT2D eigenvalue weighted by Gasteiger charge is 2.21. The van der Waals surface area contributed by atoms with Gasteiger partial charge in [-0.15, -0.1) is 11.3 Å². The van der Waals surface area contributed by atoms with Crippen molar-refractivity contribution in [3.63, 3.8) is 0 Å². The fourth-order valence-electron chi connectivity index (χ4n) is 3.62. The molecule has 0 unspecified atom stereocenters. The summed E-state index contributed by atoms with van der Waals surface area (Å²) in [6, 6.07) is 17.1. The second kappa shape index (κ2) is 8.00. The number of aromatic nitrogens is 2. The third-order valence-electron chi connectivity index (χ3n) is 5.21. The first-order valence-corrected chi connectivity index (χ1v) is 11.5.